The maximum absolute atomic E-state index is 4.30. The molecular weight excluding hydrogens is 306 g/mol. The molecule has 0 saturated heterocycles. The van der Waals surface area contributed by atoms with Crippen LogP contribution in [0.2, 0.25) is 0 Å². The molecule has 5 nitrogen and oxygen atoms in total. The Morgan fingerprint density at radius 2 is 2.16 bits per heavy atom. The SMILES string of the molecule is Cn1ccnc1CNc1ncnc2c(Br)cccc12. The van der Waals surface area contributed by atoms with Gasteiger partial charge in [0.15, 0.2) is 0 Å². The maximum Gasteiger partial charge on any atom is 0.137 e. The summed E-state index contributed by atoms with van der Waals surface area (Å²) in [7, 11) is 1.97. The van der Waals surface area contributed by atoms with Crippen LogP contribution in [0.15, 0.2) is 41.4 Å². The van der Waals surface area contributed by atoms with Crippen molar-refractivity contribution < 1.29 is 0 Å². The summed E-state index contributed by atoms with van der Waals surface area (Å²) in [5.41, 5.74) is 0.903. The summed E-state index contributed by atoms with van der Waals surface area (Å²) in [5.74, 6) is 1.77. The monoisotopic (exact) mass is 317 g/mol. The lowest BCUT2D eigenvalue weighted by molar-refractivity contribution is 0.811. The number of anilines is 1. The highest BCUT2D eigenvalue weighted by Gasteiger charge is 2.06. The topological polar surface area (TPSA) is 55.6 Å². The highest BCUT2D eigenvalue weighted by atomic mass is 79.9. The number of fused-ring (bicyclic) bond motifs is 1. The Labute approximate surface area is 118 Å². The molecule has 2 heterocycles. The van der Waals surface area contributed by atoms with Crippen LogP contribution >= 0.6 is 15.9 Å². The van der Waals surface area contributed by atoms with E-state index < -0.39 is 0 Å². The molecule has 6 heteroatoms. The first-order chi connectivity index (χ1) is 9.25. The lowest BCUT2D eigenvalue weighted by Gasteiger charge is -2.08. The molecule has 0 unspecified atom stereocenters. The van der Waals surface area contributed by atoms with Gasteiger partial charge in [0.05, 0.1) is 12.1 Å². The van der Waals surface area contributed by atoms with E-state index in [0.717, 1.165) is 27.0 Å². The third-order valence-corrected chi connectivity index (χ3v) is 3.59. The molecule has 0 amide bonds. The van der Waals surface area contributed by atoms with Gasteiger partial charge in [0.1, 0.15) is 18.0 Å². The zero-order valence-electron chi connectivity index (χ0n) is 10.3. The molecule has 2 aromatic heterocycles. The predicted octanol–water partition coefficient (Wildman–Crippen LogP) is 2.74. The predicted molar refractivity (Wildman–Crippen MR) is 77.8 cm³/mol. The van der Waals surface area contributed by atoms with E-state index in [1.54, 1.807) is 12.5 Å². The summed E-state index contributed by atoms with van der Waals surface area (Å²) in [5, 5.41) is 4.29. The van der Waals surface area contributed by atoms with E-state index in [2.05, 4.69) is 36.2 Å². The van der Waals surface area contributed by atoms with Crippen LogP contribution < -0.4 is 5.32 Å². The second-order valence-corrected chi connectivity index (χ2v) is 5.02. The summed E-state index contributed by atoms with van der Waals surface area (Å²) in [6.45, 7) is 0.627. The molecule has 0 saturated carbocycles. The van der Waals surface area contributed by atoms with Gasteiger partial charge in [-0.15, -0.1) is 0 Å². The highest BCUT2D eigenvalue weighted by Crippen LogP contribution is 2.25. The Kier molecular flexibility index (Phi) is 3.16. The molecule has 3 aromatic rings. The second kappa shape index (κ2) is 4.97. The van der Waals surface area contributed by atoms with Crippen LogP contribution in [0.1, 0.15) is 5.82 Å². The minimum absolute atomic E-state index is 0.627. The zero-order valence-corrected chi connectivity index (χ0v) is 11.9. The first kappa shape index (κ1) is 12.1. The summed E-state index contributed by atoms with van der Waals surface area (Å²) >= 11 is 3.50. The number of hydrogen-bond donors (Lipinski definition) is 1. The average molecular weight is 318 g/mol. The van der Waals surface area contributed by atoms with Gasteiger partial charge in [-0.05, 0) is 28.1 Å². The number of para-hydroxylation sites is 1. The smallest absolute Gasteiger partial charge is 0.137 e. The molecule has 0 spiro atoms. The molecule has 19 heavy (non-hydrogen) atoms. The molecule has 0 radical (unpaired) electrons. The number of nitrogens with one attached hydrogen (secondary N) is 1. The second-order valence-electron chi connectivity index (χ2n) is 4.17. The third-order valence-electron chi connectivity index (χ3n) is 2.95. The van der Waals surface area contributed by atoms with E-state index >= 15 is 0 Å². The van der Waals surface area contributed by atoms with Crippen molar-refractivity contribution in [2.45, 2.75) is 6.54 Å². The number of aromatic nitrogens is 4. The van der Waals surface area contributed by atoms with E-state index in [-0.39, 0.29) is 0 Å². The molecular formula is C13H12BrN5. The van der Waals surface area contributed by atoms with Gasteiger partial charge in [-0.3, -0.25) is 0 Å². The molecule has 0 bridgehead atoms. The van der Waals surface area contributed by atoms with Crippen molar-refractivity contribution in [1.82, 2.24) is 19.5 Å². The highest BCUT2D eigenvalue weighted by molar-refractivity contribution is 9.10. The number of rotatable bonds is 3. The number of imidazole rings is 1. The molecule has 0 aliphatic rings. The average Bonchev–Trinajstić information content (AvgIpc) is 2.82. The number of benzene rings is 1. The van der Waals surface area contributed by atoms with Crippen LogP contribution in [-0.4, -0.2) is 19.5 Å². The summed E-state index contributed by atoms with van der Waals surface area (Å²) in [6.07, 6.45) is 5.27. The van der Waals surface area contributed by atoms with Crippen molar-refractivity contribution in [2.75, 3.05) is 5.32 Å². The van der Waals surface area contributed by atoms with Crippen molar-refractivity contribution in [1.29, 1.82) is 0 Å². The van der Waals surface area contributed by atoms with E-state index in [9.17, 15) is 0 Å². The number of nitrogens with zero attached hydrogens (tertiary/aromatic N) is 4. The minimum Gasteiger partial charge on any atom is -0.362 e. The summed E-state index contributed by atoms with van der Waals surface area (Å²) < 4.78 is 2.94. The van der Waals surface area contributed by atoms with Crippen molar-refractivity contribution in [3.05, 3.63) is 47.2 Å². The standard InChI is InChI=1S/C13H12BrN5/c1-19-6-5-15-11(19)7-16-13-9-3-2-4-10(14)12(9)17-8-18-13/h2-6,8H,7H2,1H3,(H,16,17,18). The van der Waals surface area contributed by atoms with Crippen LogP contribution in [-0.2, 0) is 13.6 Å². The first-order valence-electron chi connectivity index (χ1n) is 5.85. The molecule has 1 N–H and O–H groups in total. The van der Waals surface area contributed by atoms with Crippen LogP contribution in [0, 0.1) is 0 Å². The van der Waals surface area contributed by atoms with E-state index in [4.69, 9.17) is 0 Å². The number of aryl methyl sites for hydroxylation is 1. The van der Waals surface area contributed by atoms with Crippen molar-refractivity contribution in [2.24, 2.45) is 7.05 Å². The summed E-state index contributed by atoms with van der Waals surface area (Å²) in [6, 6.07) is 5.94. The largest absolute Gasteiger partial charge is 0.362 e. The van der Waals surface area contributed by atoms with Crippen molar-refractivity contribution in [3.63, 3.8) is 0 Å². The zero-order chi connectivity index (χ0) is 13.2. The first-order valence-corrected chi connectivity index (χ1v) is 6.64. The fourth-order valence-corrected chi connectivity index (χ4v) is 2.39. The van der Waals surface area contributed by atoms with Crippen molar-refractivity contribution in [3.8, 4) is 0 Å². The Balaban J connectivity index is 1.93. The van der Waals surface area contributed by atoms with Gasteiger partial charge in [0.2, 0.25) is 0 Å². The molecule has 1 aromatic carbocycles. The molecule has 0 aliphatic heterocycles. The van der Waals surface area contributed by atoms with E-state index in [0.29, 0.717) is 6.54 Å². The summed E-state index contributed by atoms with van der Waals surface area (Å²) in [4.78, 5) is 12.9. The molecule has 0 aliphatic carbocycles. The van der Waals surface area contributed by atoms with Gasteiger partial charge in [-0.25, -0.2) is 15.0 Å². The van der Waals surface area contributed by atoms with Crippen molar-refractivity contribution >= 4 is 32.7 Å². The Hall–Kier alpha value is -1.95. The van der Waals surface area contributed by atoms with Gasteiger partial charge in [0, 0.05) is 29.3 Å². The molecule has 0 fully saturated rings. The van der Waals surface area contributed by atoms with Gasteiger partial charge in [-0.2, -0.15) is 0 Å². The normalized spacial score (nSPS) is 10.8. The molecule has 3 rings (SSSR count). The van der Waals surface area contributed by atoms with Crippen LogP contribution in [0.25, 0.3) is 10.9 Å². The maximum atomic E-state index is 4.30. The van der Waals surface area contributed by atoms with Gasteiger partial charge >= 0.3 is 0 Å². The van der Waals surface area contributed by atoms with Gasteiger partial charge < -0.3 is 9.88 Å². The molecule has 96 valence electrons. The van der Waals surface area contributed by atoms with Gasteiger partial charge in [-0.1, -0.05) is 6.07 Å². The molecule has 0 atom stereocenters. The van der Waals surface area contributed by atoms with Crippen LogP contribution in [0.5, 0.6) is 0 Å². The number of hydrogen-bond acceptors (Lipinski definition) is 4. The fraction of sp³-hybridized carbons (Fsp3) is 0.154. The Bertz CT molecular complexity index is 722. The lowest BCUT2D eigenvalue weighted by Crippen LogP contribution is -2.07. The van der Waals surface area contributed by atoms with E-state index in [1.165, 1.54) is 0 Å². The van der Waals surface area contributed by atoms with Gasteiger partial charge in [0.25, 0.3) is 0 Å². The number of halogens is 1. The Morgan fingerprint density at radius 1 is 1.26 bits per heavy atom. The minimum atomic E-state index is 0.627. The van der Waals surface area contributed by atoms with E-state index in [1.807, 2.05) is 36.0 Å². The third kappa shape index (κ3) is 2.31. The Morgan fingerprint density at radius 3 is 2.95 bits per heavy atom. The fourth-order valence-electron chi connectivity index (χ4n) is 1.92. The lowest BCUT2D eigenvalue weighted by atomic mass is 10.2. The van der Waals surface area contributed by atoms with Crippen LogP contribution in [0.3, 0.4) is 0 Å². The quantitative estimate of drug-likeness (QED) is 0.807. The van der Waals surface area contributed by atoms with Crippen LogP contribution in [0.4, 0.5) is 5.82 Å².